The van der Waals surface area contributed by atoms with Crippen molar-refractivity contribution in [2.75, 3.05) is 11.1 Å². The predicted molar refractivity (Wildman–Crippen MR) is 76.6 cm³/mol. The Hall–Kier alpha value is -2.89. The third-order valence-corrected chi connectivity index (χ3v) is 2.76. The van der Waals surface area contributed by atoms with E-state index >= 15 is 0 Å². The first-order valence-electron chi connectivity index (χ1n) is 5.89. The molecule has 0 bridgehead atoms. The molecule has 0 aliphatic heterocycles. The minimum Gasteiger partial charge on any atom is -0.399 e. The number of benzene rings is 2. The fourth-order valence-corrected chi connectivity index (χ4v) is 1.76. The van der Waals surface area contributed by atoms with Crippen LogP contribution in [-0.2, 0) is 0 Å². The molecule has 6 heteroatoms. The molecule has 1 amide bonds. The highest BCUT2D eigenvalue weighted by atomic mass is 16.6. The number of hydrogen-bond donors (Lipinski definition) is 2. The van der Waals surface area contributed by atoms with Crippen LogP contribution >= 0.6 is 0 Å². The molecule has 0 saturated heterocycles. The number of carbonyl (C=O) groups is 1. The third kappa shape index (κ3) is 2.92. The first-order valence-corrected chi connectivity index (χ1v) is 5.89. The molecule has 0 aliphatic carbocycles. The van der Waals surface area contributed by atoms with Gasteiger partial charge in [-0.05, 0) is 42.8 Å². The third-order valence-electron chi connectivity index (χ3n) is 2.76. The van der Waals surface area contributed by atoms with Gasteiger partial charge in [-0.15, -0.1) is 0 Å². The number of anilines is 2. The Morgan fingerprint density at radius 3 is 2.45 bits per heavy atom. The minimum absolute atomic E-state index is 0.0341. The molecule has 0 aromatic heterocycles. The number of rotatable bonds is 3. The van der Waals surface area contributed by atoms with Gasteiger partial charge in [0.1, 0.15) is 5.56 Å². The number of amides is 1. The van der Waals surface area contributed by atoms with Crippen molar-refractivity contribution < 1.29 is 9.72 Å². The van der Waals surface area contributed by atoms with E-state index in [0.717, 1.165) is 5.56 Å². The van der Waals surface area contributed by atoms with Crippen molar-refractivity contribution in [3.8, 4) is 0 Å². The van der Waals surface area contributed by atoms with E-state index in [-0.39, 0.29) is 11.3 Å². The zero-order chi connectivity index (χ0) is 14.7. The van der Waals surface area contributed by atoms with Crippen LogP contribution in [0.15, 0.2) is 42.5 Å². The summed E-state index contributed by atoms with van der Waals surface area (Å²) in [5, 5.41) is 13.6. The van der Waals surface area contributed by atoms with E-state index in [1.54, 1.807) is 37.3 Å². The summed E-state index contributed by atoms with van der Waals surface area (Å²) < 4.78 is 0. The SMILES string of the molecule is Cc1ccc([N+](=O)[O-])c(C(=O)Nc2ccc(N)cc2)c1. The number of nitro benzene ring substituents is 1. The van der Waals surface area contributed by atoms with E-state index in [2.05, 4.69) is 5.32 Å². The lowest BCUT2D eigenvalue weighted by molar-refractivity contribution is -0.385. The zero-order valence-electron chi connectivity index (χ0n) is 10.8. The van der Waals surface area contributed by atoms with E-state index in [9.17, 15) is 14.9 Å². The number of nitrogens with one attached hydrogen (secondary N) is 1. The highest BCUT2D eigenvalue weighted by Gasteiger charge is 2.20. The normalized spacial score (nSPS) is 10.1. The summed E-state index contributed by atoms with van der Waals surface area (Å²) in [6, 6.07) is 11.0. The molecule has 0 aliphatic rings. The minimum atomic E-state index is -0.572. The lowest BCUT2D eigenvalue weighted by atomic mass is 10.1. The van der Waals surface area contributed by atoms with Crippen molar-refractivity contribution in [1.82, 2.24) is 0 Å². The van der Waals surface area contributed by atoms with Gasteiger partial charge < -0.3 is 11.1 Å². The largest absolute Gasteiger partial charge is 0.399 e. The summed E-state index contributed by atoms with van der Waals surface area (Å²) in [6.07, 6.45) is 0. The van der Waals surface area contributed by atoms with Crippen LogP contribution in [0.4, 0.5) is 17.1 Å². The van der Waals surface area contributed by atoms with Gasteiger partial charge >= 0.3 is 0 Å². The monoisotopic (exact) mass is 271 g/mol. The van der Waals surface area contributed by atoms with Gasteiger partial charge in [0.05, 0.1) is 4.92 Å². The average Bonchev–Trinajstić information content (AvgIpc) is 2.41. The van der Waals surface area contributed by atoms with E-state index in [0.29, 0.717) is 11.4 Å². The van der Waals surface area contributed by atoms with Gasteiger partial charge in [0.15, 0.2) is 0 Å². The summed E-state index contributed by atoms with van der Waals surface area (Å²) in [4.78, 5) is 22.5. The second-order valence-corrected chi connectivity index (χ2v) is 4.35. The number of aryl methyl sites for hydroxylation is 1. The molecule has 2 aromatic carbocycles. The molecule has 2 aromatic rings. The molecule has 0 spiro atoms. The molecule has 0 radical (unpaired) electrons. The summed E-state index contributed by atoms with van der Waals surface area (Å²) in [5.74, 6) is -0.523. The molecule has 102 valence electrons. The van der Waals surface area contributed by atoms with Crippen LogP contribution in [0.1, 0.15) is 15.9 Å². The van der Waals surface area contributed by atoms with Gasteiger partial charge in [-0.2, -0.15) is 0 Å². The van der Waals surface area contributed by atoms with Crippen molar-refractivity contribution in [2.45, 2.75) is 6.92 Å². The molecule has 3 N–H and O–H groups in total. The van der Waals surface area contributed by atoms with Gasteiger partial charge in [-0.1, -0.05) is 6.07 Å². The maximum absolute atomic E-state index is 12.1. The maximum Gasteiger partial charge on any atom is 0.282 e. The lowest BCUT2D eigenvalue weighted by Gasteiger charge is -2.07. The van der Waals surface area contributed by atoms with E-state index in [4.69, 9.17) is 5.73 Å². The van der Waals surface area contributed by atoms with Crippen LogP contribution in [0, 0.1) is 17.0 Å². The van der Waals surface area contributed by atoms with Crippen LogP contribution in [0.25, 0.3) is 0 Å². The molecule has 0 fully saturated rings. The standard InChI is InChI=1S/C14H13N3O3/c1-9-2-7-13(17(19)20)12(8-9)14(18)16-11-5-3-10(15)4-6-11/h2-8H,15H2,1H3,(H,16,18). The molecule has 6 nitrogen and oxygen atoms in total. The van der Waals surface area contributed by atoms with Crippen LogP contribution in [-0.4, -0.2) is 10.8 Å². The number of nitrogen functional groups attached to an aromatic ring is 1. The number of nitrogens with two attached hydrogens (primary N) is 1. The number of nitro groups is 1. The molecular weight excluding hydrogens is 258 g/mol. The molecule has 0 heterocycles. The Bertz CT molecular complexity index is 666. The smallest absolute Gasteiger partial charge is 0.282 e. The highest BCUT2D eigenvalue weighted by Crippen LogP contribution is 2.21. The Morgan fingerprint density at radius 1 is 1.20 bits per heavy atom. The highest BCUT2D eigenvalue weighted by molar-refractivity contribution is 6.07. The number of hydrogen-bond acceptors (Lipinski definition) is 4. The van der Waals surface area contributed by atoms with Crippen molar-refractivity contribution in [1.29, 1.82) is 0 Å². The van der Waals surface area contributed by atoms with Gasteiger partial charge in [0.25, 0.3) is 11.6 Å². The second kappa shape index (κ2) is 5.40. The van der Waals surface area contributed by atoms with Gasteiger partial charge in [-0.25, -0.2) is 0 Å². The van der Waals surface area contributed by atoms with Crippen LogP contribution in [0.2, 0.25) is 0 Å². The Morgan fingerprint density at radius 2 is 1.85 bits per heavy atom. The lowest BCUT2D eigenvalue weighted by Crippen LogP contribution is -2.14. The van der Waals surface area contributed by atoms with Gasteiger partial charge in [0.2, 0.25) is 0 Å². The molecule has 0 unspecified atom stereocenters. The second-order valence-electron chi connectivity index (χ2n) is 4.35. The summed E-state index contributed by atoms with van der Waals surface area (Å²) in [5.41, 5.74) is 7.24. The molecule has 0 saturated carbocycles. The Labute approximate surface area is 115 Å². The first kappa shape index (κ1) is 13.5. The van der Waals surface area contributed by atoms with Crippen LogP contribution in [0.3, 0.4) is 0 Å². The van der Waals surface area contributed by atoms with E-state index < -0.39 is 10.8 Å². The molecule has 2 rings (SSSR count). The van der Waals surface area contributed by atoms with Crippen LogP contribution < -0.4 is 11.1 Å². The number of nitrogens with zero attached hydrogens (tertiary/aromatic N) is 1. The summed E-state index contributed by atoms with van der Waals surface area (Å²) >= 11 is 0. The summed E-state index contributed by atoms with van der Waals surface area (Å²) in [7, 11) is 0. The molecular formula is C14H13N3O3. The van der Waals surface area contributed by atoms with Crippen molar-refractivity contribution >= 4 is 23.0 Å². The molecule has 0 atom stereocenters. The topological polar surface area (TPSA) is 98.3 Å². The predicted octanol–water partition coefficient (Wildman–Crippen LogP) is 2.74. The molecule has 20 heavy (non-hydrogen) atoms. The first-order chi connectivity index (χ1) is 9.47. The van der Waals surface area contributed by atoms with Crippen LogP contribution in [0.5, 0.6) is 0 Å². The van der Waals surface area contributed by atoms with E-state index in [1.165, 1.54) is 12.1 Å². The van der Waals surface area contributed by atoms with Crippen molar-refractivity contribution in [2.24, 2.45) is 0 Å². The maximum atomic E-state index is 12.1. The Kier molecular flexibility index (Phi) is 3.65. The fourth-order valence-electron chi connectivity index (χ4n) is 1.76. The quantitative estimate of drug-likeness (QED) is 0.509. The van der Waals surface area contributed by atoms with Gasteiger partial charge in [0, 0.05) is 17.4 Å². The average molecular weight is 271 g/mol. The number of carbonyl (C=O) groups excluding carboxylic acids is 1. The zero-order valence-corrected chi connectivity index (χ0v) is 10.8. The van der Waals surface area contributed by atoms with Crippen molar-refractivity contribution in [3.05, 3.63) is 63.7 Å². The van der Waals surface area contributed by atoms with Gasteiger partial charge in [-0.3, -0.25) is 14.9 Å². The van der Waals surface area contributed by atoms with Crippen molar-refractivity contribution in [3.63, 3.8) is 0 Å². The van der Waals surface area contributed by atoms with E-state index in [1.807, 2.05) is 0 Å². The summed E-state index contributed by atoms with van der Waals surface area (Å²) in [6.45, 7) is 1.77. The Balaban J connectivity index is 2.31. The fraction of sp³-hybridized carbons (Fsp3) is 0.0714.